The van der Waals surface area contributed by atoms with Crippen LogP contribution < -0.4 is 0 Å². The van der Waals surface area contributed by atoms with Crippen LogP contribution in [0.2, 0.25) is 0 Å². The quantitative estimate of drug-likeness (QED) is 0.406. The van der Waals surface area contributed by atoms with E-state index in [-0.39, 0.29) is 5.97 Å². The number of hydrogen-bond donors (Lipinski definition) is 0. The molecule has 0 N–H and O–H groups in total. The molecule has 0 aliphatic rings. The second kappa shape index (κ2) is 7.12. The van der Waals surface area contributed by atoms with E-state index in [0.717, 1.165) is 39.0 Å². The van der Waals surface area contributed by atoms with Crippen LogP contribution in [0.3, 0.4) is 0 Å². The Morgan fingerprint density at radius 1 is 0.926 bits per heavy atom. The molecule has 0 radical (unpaired) electrons. The molecule has 3 nitrogen and oxygen atoms in total. The lowest BCUT2D eigenvalue weighted by Gasteiger charge is -2.07. The molecule has 0 spiro atoms. The Balaban J connectivity index is 1.96. The largest absolute Gasteiger partial charge is 0.462 e. The summed E-state index contributed by atoms with van der Waals surface area (Å²) in [5.41, 5.74) is 5.45. The minimum absolute atomic E-state index is 0.315. The summed E-state index contributed by atoms with van der Waals surface area (Å²) >= 11 is 0. The number of aryl methyl sites for hydroxylation is 1. The molecular weight excluding hydrogens is 336 g/mol. The van der Waals surface area contributed by atoms with Gasteiger partial charge >= 0.3 is 5.97 Å². The number of benzene rings is 3. The van der Waals surface area contributed by atoms with Crippen molar-refractivity contribution in [3.63, 3.8) is 0 Å². The van der Waals surface area contributed by atoms with Crippen LogP contribution in [-0.4, -0.2) is 12.6 Å². The van der Waals surface area contributed by atoms with Gasteiger partial charge in [0.2, 0.25) is 0 Å². The zero-order valence-electron chi connectivity index (χ0n) is 15.4. The number of carbonyl (C=O) groups excluding carboxylic acids is 1. The number of fused-ring (bicyclic) bond motifs is 1. The van der Waals surface area contributed by atoms with Crippen molar-refractivity contribution in [3.8, 4) is 22.5 Å². The molecule has 3 heteroatoms. The van der Waals surface area contributed by atoms with E-state index in [0.29, 0.717) is 12.2 Å². The van der Waals surface area contributed by atoms with Crippen molar-refractivity contribution in [2.24, 2.45) is 0 Å². The number of carbonyl (C=O) groups is 1. The van der Waals surface area contributed by atoms with Crippen molar-refractivity contribution < 1.29 is 13.9 Å². The highest BCUT2D eigenvalue weighted by Gasteiger charge is 2.19. The molecule has 134 valence electrons. The van der Waals surface area contributed by atoms with Gasteiger partial charge in [-0.1, -0.05) is 54.1 Å². The summed E-state index contributed by atoms with van der Waals surface area (Å²) in [4.78, 5) is 12.2. The number of ether oxygens (including phenoxy) is 1. The lowest BCUT2D eigenvalue weighted by molar-refractivity contribution is 0.0526. The SMILES string of the molecule is CCOC(=O)c1cccc(-c2c(-c3ccccc3)oc3ccc(C)cc23)c1. The number of hydrogen-bond acceptors (Lipinski definition) is 3. The van der Waals surface area contributed by atoms with Crippen molar-refractivity contribution in [2.45, 2.75) is 13.8 Å². The van der Waals surface area contributed by atoms with E-state index in [2.05, 4.69) is 13.0 Å². The molecule has 0 aliphatic heterocycles. The number of furan rings is 1. The fraction of sp³-hybridized carbons (Fsp3) is 0.125. The summed E-state index contributed by atoms with van der Waals surface area (Å²) in [6.45, 7) is 4.22. The normalized spacial score (nSPS) is 10.9. The average molecular weight is 356 g/mol. The molecule has 0 saturated carbocycles. The van der Waals surface area contributed by atoms with Crippen LogP contribution in [0.5, 0.6) is 0 Å². The van der Waals surface area contributed by atoms with Crippen LogP contribution in [0, 0.1) is 6.92 Å². The maximum atomic E-state index is 12.2. The topological polar surface area (TPSA) is 39.4 Å². The predicted octanol–water partition coefficient (Wildman–Crippen LogP) is 6.25. The second-order valence-corrected chi connectivity index (χ2v) is 6.47. The smallest absolute Gasteiger partial charge is 0.338 e. The predicted molar refractivity (Wildman–Crippen MR) is 108 cm³/mol. The molecule has 1 aromatic heterocycles. The highest BCUT2D eigenvalue weighted by molar-refractivity contribution is 6.03. The fourth-order valence-electron chi connectivity index (χ4n) is 3.31. The third-order valence-corrected chi connectivity index (χ3v) is 4.54. The van der Waals surface area contributed by atoms with Gasteiger partial charge < -0.3 is 9.15 Å². The van der Waals surface area contributed by atoms with Gasteiger partial charge in [-0.2, -0.15) is 0 Å². The zero-order chi connectivity index (χ0) is 18.8. The van der Waals surface area contributed by atoms with E-state index in [9.17, 15) is 4.79 Å². The lowest BCUT2D eigenvalue weighted by Crippen LogP contribution is -2.04. The molecule has 0 bridgehead atoms. The third kappa shape index (κ3) is 3.24. The molecule has 3 aromatic carbocycles. The van der Waals surface area contributed by atoms with Crippen LogP contribution in [0.1, 0.15) is 22.8 Å². The Labute approximate surface area is 158 Å². The summed E-state index contributed by atoms with van der Waals surface area (Å²) in [5, 5.41) is 1.04. The van der Waals surface area contributed by atoms with Crippen LogP contribution in [0.25, 0.3) is 33.4 Å². The molecule has 4 rings (SSSR count). The average Bonchev–Trinajstić information content (AvgIpc) is 3.07. The van der Waals surface area contributed by atoms with Crippen molar-refractivity contribution in [1.82, 2.24) is 0 Å². The van der Waals surface area contributed by atoms with Crippen molar-refractivity contribution in [1.29, 1.82) is 0 Å². The maximum Gasteiger partial charge on any atom is 0.338 e. The van der Waals surface area contributed by atoms with Crippen LogP contribution in [-0.2, 0) is 4.74 Å². The lowest BCUT2D eigenvalue weighted by atomic mass is 9.96. The summed E-state index contributed by atoms with van der Waals surface area (Å²) in [5.74, 6) is 0.488. The minimum Gasteiger partial charge on any atom is -0.462 e. The van der Waals surface area contributed by atoms with Crippen LogP contribution in [0.15, 0.2) is 77.2 Å². The number of esters is 1. The molecular formula is C24H20O3. The van der Waals surface area contributed by atoms with Crippen LogP contribution in [0.4, 0.5) is 0 Å². The van der Waals surface area contributed by atoms with Gasteiger partial charge in [0.1, 0.15) is 11.3 Å². The standard InChI is InChI=1S/C24H20O3/c1-3-26-24(25)19-11-7-10-18(15-19)22-20-14-16(2)12-13-21(20)27-23(22)17-8-5-4-6-9-17/h4-15H,3H2,1-2H3. The maximum absolute atomic E-state index is 12.2. The first-order valence-electron chi connectivity index (χ1n) is 9.03. The van der Waals surface area contributed by atoms with E-state index in [4.69, 9.17) is 9.15 Å². The van der Waals surface area contributed by atoms with Gasteiger partial charge in [-0.25, -0.2) is 4.79 Å². The van der Waals surface area contributed by atoms with Crippen molar-refractivity contribution in [2.75, 3.05) is 6.61 Å². The Hall–Kier alpha value is -3.33. The second-order valence-electron chi connectivity index (χ2n) is 6.47. The summed E-state index contributed by atoms with van der Waals surface area (Å²) in [6, 6.07) is 23.7. The monoisotopic (exact) mass is 356 g/mol. The molecule has 0 atom stereocenters. The van der Waals surface area contributed by atoms with Gasteiger partial charge in [-0.15, -0.1) is 0 Å². The molecule has 0 aliphatic carbocycles. The fourth-order valence-corrected chi connectivity index (χ4v) is 3.31. The Kier molecular flexibility index (Phi) is 4.51. The van der Waals surface area contributed by atoms with E-state index in [1.54, 1.807) is 6.07 Å². The molecule has 0 fully saturated rings. The van der Waals surface area contributed by atoms with Gasteiger partial charge in [0, 0.05) is 16.5 Å². The van der Waals surface area contributed by atoms with E-state index in [1.807, 2.05) is 67.6 Å². The Bertz CT molecular complexity index is 1110. The summed E-state index contributed by atoms with van der Waals surface area (Å²) in [7, 11) is 0. The Morgan fingerprint density at radius 3 is 2.48 bits per heavy atom. The van der Waals surface area contributed by atoms with Crippen molar-refractivity contribution in [3.05, 3.63) is 83.9 Å². The number of rotatable bonds is 4. The van der Waals surface area contributed by atoms with E-state index in [1.165, 1.54) is 0 Å². The van der Waals surface area contributed by atoms with E-state index < -0.39 is 0 Å². The Morgan fingerprint density at radius 2 is 1.70 bits per heavy atom. The van der Waals surface area contributed by atoms with Crippen molar-refractivity contribution >= 4 is 16.9 Å². The summed E-state index contributed by atoms with van der Waals surface area (Å²) < 4.78 is 11.4. The van der Waals surface area contributed by atoms with Gasteiger partial charge in [-0.05, 0) is 43.7 Å². The molecule has 27 heavy (non-hydrogen) atoms. The van der Waals surface area contributed by atoms with Gasteiger partial charge in [0.25, 0.3) is 0 Å². The highest BCUT2D eigenvalue weighted by atomic mass is 16.5. The zero-order valence-corrected chi connectivity index (χ0v) is 15.4. The van der Waals surface area contributed by atoms with E-state index >= 15 is 0 Å². The van der Waals surface area contributed by atoms with Gasteiger partial charge in [-0.3, -0.25) is 0 Å². The first-order valence-corrected chi connectivity index (χ1v) is 9.03. The van der Waals surface area contributed by atoms with Gasteiger partial charge in [0.15, 0.2) is 0 Å². The molecule has 1 heterocycles. The summed E-state index contributed by atoms with van der Waals surface area (Å²) in [6.07, 6.45) is 0. The molecule has 4 aromatic rings. The third-order valence-electron chi connectivity index (χ3n) is 4.54. The molecule has 0 unspecified atom stereocenters. The first kappa shape index (κ1) is 17.1. The minimum atomic E-state index is -0.315. The van der Waals surface area contributed by atoms with Gasteiger partial charge in [0.05, 0.1) is 12.2 Å². The molecule has 0 amide bonds. The highest BCUT2D eigenvalue weighted by Crippen LogP contribution is 2.41. The molecule has 0 saturated heterocycles. The first-order chi connectivity index (χ1) is 13.2. The van der Waals surface area contributed by atoms with Crippen LogP contribution >= 0.6 is 0 Å².